The molecule has 1 unspecified atom stereocenters. The Labute approximate surface area is 193 Å². The first-order valence-corrected chi connectivity index (χ1v) is 11.9. The maximum absolute atomic E-state index is 12.6. The lowest BCUT2D eigenvalue weighted by atomic mass is 10.0. The lowest BCUT2D eigenvalue weighted by Gasteiger charge is -2.33. The summed E-state index contributed by atoms with van der Waals surface area (Å²) < 4.78 is 5.25. The highest BCUT2D eigenvalue weighted by Crippen LogP contribution is 2.39. The Morgan fingerprint density at radius 1 is 1.28 bits per heavy atom. The van der Waals surface area contributed by atoms with E-state index in [2.05, 4.69) is 22.5 Å². The van der Waals surface area contributed by atoms with E-state index in [1.165, 1.54) is 31.0 Å². The SMILES string of the molecule is COc1cccc(/C=C2/Sc3ccc(C(=O)NCCN4CCCCC4C)cc3NC2=O)c1. The van der Waals surface area contributed by atoms with Gasteiger partial charge in [0.15, 0.2) is 0 Å². The molecule has 6 nitrogen and oxygen atoms in total. The maximum atomic E-state index is 12.6. The Morgan fingerprint density at radius 2 is 2.16 bits per heavy atom. The number of nitrogens with zero attached hydrogens (tertiary/aromatic N) is 1. The molecule has 2 aliphatic rings. The number of amides is 2. The highest BCUT2D eigenvalue weighted by Gasteiger charge is 2.23. The number of fused-ring (bicyclic) bond motifs is 1. The second-order valence-electron chi connectivity index (χ2n) is 8.19. The van der Waals surface area contributed by atoms with Crippen LogP contribution in [-0.2, 0) is 4.79 Å². The Bertz CT molecular complexity index is 1040. The van der Waals surface area contributed by atoms with E-state index in [-0.39, 0.29) is 11.8 Å². The lowest BCUT2D eigenvalue weighted by Crippen LogP contribution is -2.42. The van der Waals surface area contributed by atoms with Gasteiger partial charge in [0.05, 0.1) is 17.7 Å². The number of thioether (sulfide) groups is 1. The van der Waals surface area contributed by atoms with Crippen LogP contribution in [0.2, 0.25) is 0 Å². The number of nitrogens with one attached hydrogen (secondary N) is 2. The first kappa shape index (κ1) is 22.4. The molecule has 0 spiro atoms. The molecule has 2 amide bonds. The van der Waals surface area contributed by atoms with E-state index in [0.29, 0.717) is 28.7 Å². The summed E-state index contributed by atoms with van der Waals surface area (Å²) in [6.45, 7) is 4.84. The summed E-state index contributed by atoms with van der Waals surface area (Å²) in [5, 5.41) is 5.93. The van der Waals surface area contributed by atoms with Crippen molar-refractivity contribution in [2.75, 3.05) is 32.1 Å². The Kier molecular flexibility index (Phi) is 7.17. The number of ether oxygens (including phenoxy) is 1. The average molecular weight is 452 g/mol. The number of hydrogen-bond acceptors (Lipinski definition) is 5. The molecule has 1 saturated heterocycles. The largest absolute Gasteiger partial charge is 0.497 e. The number of carbonyl (C=O) groups excluding carboxylic acids is 2. The van der Waals surface area contributed by atoms with Gasteiger partial charge >= 0.3 is 0 Å². The predicted molar refractivity (Wildman–Crippen MR) is 129 cm³/mol. The van der Waals surface area contributed by atoms with Crippen molar-refractivity contribution in [1.82, 2.24) is 10.2 Å². The quantitative estimate of drug-likeness (QED) is 0.638. The number of hydrogen-bond donors (Lipinski definition) is 2. The summed E-state index contributed by atoms with van der Waals surface area (Å²) in [6.07, 6.45) is 5.59. The average Bonchev–Trinajstić information content (AvgIpc) is 2.80. The molecule has 0 aliphatic carbocycles. The van der Waals surface area contributed by atoms with E-state index in [1.54, 1.807) is 13.2 Å². The molecule has 4 rings (SSSR count). The Balaban J connectivity index is 1.39. The molecule has 0 bridgehead atoms. The standard InChI is InChI=1S/C25H29N3O3S/c1-17-6-3-4-12-28(17)13-11-26-24(29)19-9-10-22-21(16-19)27-25(30)23(32-22)15-18-7-5-8-20(14-18)31-2/h5,7-10,14-17H,3-4,6,11-13H2,1-2H3,(H,26,29)(H,27,30)/b23-15+. The van der Waals surface area contributed by atoms with Crippen LogP contribution < -0.4 is 15.4 Å². The molecule has 2 aromatic rings. The van der Waals surface area contributed by atoms with E-state index in [4.69, 9.17) is 4.74 Å². The molecular weight excluding hydrogens is 422 g/mol. The van der Waals surface area contributed by atoms with Crippen molar-refractivity contribution < 1.29 is 14.3 Å². The minimum Gasteiger partial charge on any atom is -0.497 e. The fourth-order valence-corrected chi connectivity index (χ4v) is 5.02. The van der Waals surface area contributed by atoms with E-state index in [9.17, 15) is 9.59 Å². The number of likely N-dealkylation sites (tertiary alicyclic amines) is 1. The van der Waals surface area contributed by atoms with Crippen LogP contribution in [0.5, 0.6) is 5.75 Å². The number of anilines is 1. The van der Waals surface area contributed by atoms with Gasteiger partial charge in [-0.1, -0.05) is 30.3 Å². The van der Waals surface area contributed by atoms with Crippen molar-refractivity contribution in [2.24, 2.45) is 0 Å². The first-order valence-electron chi connectivity index (χ1n) is 11.0. The molecule has 0 radical (unpaired) electrons. The summed E-state index contributed by atoms with van der Waals surface area (Å²) in [4.78, 5) is 29.2. The van der Waals surface area contributed by atoms with Crippen LogP contribution in [0.3, 0.4) is 0 Å². The fourth-order valence-electron chi connectivity index (χ4n) is 4.09. The zero-order chi connectivity index (χ0) is 22.5. The fraction of sp³-hybridized carbons (Fsp3) is 0.360. The summed E-state index contributed by atoms with van der Waals surface area (Å²) in [5.74, 6) is 0.447. The highest BCUT2D eigenvalue weighted by molar-refractivity contribution is 8.04. The molecular formula is C25H29N3O3S. The zero-order valence-electron chi connectivity index (χ0n) is 18.5. The van der Waals surface area contributed by atoms with Crippen molar-refractivity contribution >= 4 is 35.3 Å². The minimum absolute atomic E-state index is 0.116. The van der Waals surface area contributed by atoms with Crippen molar-refractivity contribution in [3.8, 4) is 5.75 Å². The summed E-state index contributed by atoms with van der Waals surface area (Å²) >= 11 is 1.40. The highest BCUT2D eigenvalue weighted by atomic mass is 32.2. The molecule has 2 N–H and O–H groups in total. The third kappa shape index (κ3) is 5.34. The first-order chi connectivity index (χ1) is 15.5. The minimum atomic E-state index is -0.179. The van der Waals surface area contributed by atoms with Gasteiger partial charge in [-0.15, -0.1) is 0 Å². The van der Waals surface area contributed by atoms with Crippen LogP contribution in [0.15, 0.2) is 52.3 Å². The molecule has 1 fully saturated rings. The number of piperidine rings is 1. The molecule has 0 saturated carbocycles. The number of rotatable bonds is 6. The third-order valence-electron chi connectivity index (χ3n) is 5.95. The van der Waals surface area contributed by atoms with Crippen LogP contribution in [0.1, 0.15) is 42.1 Å². The summed E-state index contributed by atoms with van der Waals surface area (Å²) in [6, 6.07) is 13.6. The monoisotopic (exact) mass is 451 g/mol. The second-order valence-corrected chi connectivity index (χ2v) is 9.27. The molecule has 7 heteroatoms. The van der Waals surface area contributed by atoms with E-state index in [1.807, 2.05) is 42.5 Å². The van der Waals surface area contributed by atoms with Crippen LogP contribution in [0.4, 0.5) is 5.69 Å². The summed E-state index contributed by atoms with van der Waals surface area (Å²) in [5.41, 5.74) is 2.11. The van der Waals surface area contributed by atoms with Crippen LogP contribution in [-0.4, -0.2) is 49.5 Å². The van der Waals surface area contributed by atoms with E-state index in [0.717, 1.165) is 29.3 Å². The van der Waals surface area contributed by atoms with Gasteiger partial charge < -0.3 is 15.4 Å². The molecule has 1 atom stereocenters. The molecule has 168 valence electrons. The van der Waals surface area contributed by atoms with Gasteiger partial charge in [-0.05, 0) is 68.3 Å². The normalized spacial score (nSPS) is 19.9. The van der Waals surface area contributed by atoms with Crippen molar-refractivity contribution in [2.45, 2.75) is 37.1 Å². The summed E-state index contributed by atoms with van der Waals surface area (Å²) in [7, 11) is 1.62. The topological polar surface area (TPSA) is 70.7 Å². The maximum Gasteiger partial charge on any atom is 0.262 e. The number of methoxy groups -OCH3 is 1. The molecule has 2 heterocycles. The smallest absolute Gasteiger partial charge is 0.262 e. The lowest BCUT2D eigenvalue weighted by molar-refractivity contribution is -0.112. The van der Waals surface area contributed by atoms with Crippen molar-refractivity contribution in [3.05, 3.63) is 58.5 Å². The van der Waals surface area contributed by atoms with E-state index < -0.39 is 0 Å². The van der Waals surface area contributed by atoms with Crippen molar-refractivity contribution in [1.29, 1.82) is 0 Å². The van der Waals surface area contributed by atoms with Gasteiger partial charge in [-0.25, -0.2) is 0 Å². The van der Waals surface area contributed by atoms with Crippen LogP contribution >= 0.6 is 11.8 Å². The Hall–Kier alpha value is -2.77. The van der Waals surface area contributed by atoms with Gasteiger partial charge in [0.25, 0.3) is 11.8 Å². The molecule has 2 aromatic carbocycles. The van der Waals surface area contributed by atoms with Gasteiger partial charge in [0, 0.05) is 29.6 Å². The third-order valence-corrected chi connectivity index (χ3v) is 7.05. The van der Waals surface area contributed by atoms with Crippen molar-refractivity contribution in [3.63, 3.8) is 0 Å². The van der Waals surface area contributed by atoms with Gasteiger partial charge in [-0.2, -0.15) is 0 Å². The van der Waals surface area contributed by atoms with Crippen LogP contribution in [0, 0.1) is 0 Å². The molecule has 32 heavy (non-hydrogen) atoms. The van der Waals surface area contributed by atoms with Crippen LogP contribution in [0.25, 0.3) is 6.08 Å². The zero-order valence-corrected chi connectivity index (χ0v) is 19.3. The second kappa shape index (κ2) is 10.2. The van der Waals surface area contributed by atoms with Gasteiger partial charge in [0.2, 0.25) is 0 Å². The number of carbonyl (C=O) groups is 2. The van der Waals surface area contributed by atoms with Gasteiger partial charge in [-0.3, -0.25) is 14.5 Å². The molecule has 0 aromatic heterocycles. The molecule has 2 aliphatic heterocycles. The predicted octanol–water partition coefficient (Wildman–Crippen LogP) is 4.38. The van der Waals surface area contributed by atoms with Gasteiger partial charge in [0.1, 0.15) is 5.75 Å². The number of benzene rings is 2. The Morgan fingerprint density at radius 3 is 2.97 bits per heavy atom. The van der Waals surface area contributed by atoms with E-state index >= 15 is 0 Å².